The molecule has 1 amide bonds. The zero-order valence-corrected chi connectivity index (χ0v) is 14.2. The maximum absolute atomic E-state index is 12.6. The van der Waals surface area contributed by atoms with Crippen molar-refractivity contribution in [1.82, 2.24) is 0 Å². The van der Waals surface area contributed by atoms with E-state index in [1.807, 2.05) is 55.5 Å². The first-order valence-corrected chi connectivity index (χ1v) is 8.13. The van der Waals surface area contributed by atoms with Gasteiger partial charge in [-0.2, -0.15) is 0 Å². The van der Waals surface area contributed by atoms with Crippen LogP contribution in [0, 0.1) is 0 Å². The van der Waals surface area contributed by atoms with Crippen molar-refractivity contribution in [3.8, 4) is 0 Å². The highest BCUT2D eigenvalue weighted by atomic mass is 79.9. The second kappa shape index (κ2) is 6.98. The zero-order chi connectivity index (χ0) is 16.2. The van der Waals surface area contributed by atoms with Crippen molar-refractivity contribution in [3.63, 3.8) is 0 Å². The first-order chi connectivity index (χ1) is 11.2. The monoisotopic (exact) mass is 373 g/mol. The fourth-order valence-corrected chi connectivity index (χ4v) is 2.62. The molecule has 0 spiro atoms. The Morgan fingerprint density at radius 3 is 2.65 bits per heavy atom. The molecule has 0 radical (unpaired) electrons. The summed E-state index contributed by atoms with van der Waals surface area (Å²) in [6.45, 7) is 2.84. The third-order valence-electron chi connectivity index (χ3n) is 3.46. The topological polar surface area (TPSA) is 51.5 Å². The van der Waals surface area contributed by atoms with Crippen molar-refractivity contribution in [2.45, 2.75) is 13.5 Å². The number of benzene rings is 2. The van der Waals surface area contributed by atoms with E-state index in [1.165, 1.54) is 0 Å². The number of ether oxygens (including phenoxy) is 1. The van der Waals surface area contributed by atoms with Crippen molar-refractivity contribution in [1.29, 1.82) is 0 Å². The zero-order valence-electron chi connectivity index (χ0n) is 12.6. The normalized spacial score (nSPS) is 10.9. The lowest BCUT2D eigenvalue weighted by molar-refractivity contribution is 0.0984. The Hall–Kier alpha value is -2.11. The number of carbonyl (C=O) groups is 1. The minimum absolute atomic E-state index is 0.279. The van der Waals surface area contributed by atoms with Crippen LogP contribution < -0.4 is 5.32 Å². The Kier molecular flexibility index (Phi) is 4.79. The van der Waals surface area contributed by atoms with Gasteiger partial charge in [-0.05, 0) is 37.3 Å². The number of nitrogens with one attached hydrogen (secondary N) is 1. The predicted octanol–water partition coefficient (Wildman–Crippen LogP) is 4.98. The Balaban J connectivity index is 1.93. The van der Waals surface area contributed by atoms with Gasteiger partial charge in [0.05, 0.1) is 6.61 Å². The summed E-state index contributed by atoms with van der Waals surface area (Å²) in [6.07, 6.45) is 0. The van der Waals surface area contributed by atoms with Gasteiger partial charge in [0.25, 0.3) is 5.91 Å². The Morgan fingerprint density at radius 1 is 1.17 bits per heavy atom. The van der Waals surface area contributed by atoms with Crippen LogP contribution in [0.25, 0.3) is 11.0 Å². The van der Waals surface area contributed by atoms with Crippen molar-refractivity contribution in [2.75, 3.05) is 11.9 Å². The van der Waals surface area contributed by atoms with Gasteiger partial charge >= 0.3 is 0 Å². The number of para-hydroxylation sites is 1. The Morgan fingerprint density at radius 2 is 1.91 bits per heavy atom. The number of amides is 1. The highest BCUT2D eigenvalue weighted by Crippen LogP contribution is 2.27. The summed E-state index contributed by atoms with van der Waals surface area (Å²) >= 11 is 3.37. The molecule has 1 heterocycles. The first kappa shape index (κ1) is 15.8. The number of anilines is 1. The standard InChI is InChI=1S/C18H16BrNO3/c1-2-22-11-15-14-5-3-4-6-16(14)23-17(15)18(21)20-13-9-7-12(19)8-10-13/h3-10H,2,11H2,1H3,(H,20,21). The van der Waals surface area contributed by atoms with Gasteiger partial charge in [0.1, 0.15) is 5.58 Å². The van der Waals surface area contributed by atoms with Gasteiger partial charge in [-0.3, -0.25) is 4.79 Å². The number of carbonyl (C=O) groups excluding carboxylic acids is 1. The molecule has 23 heavy (non-hydrogen) atoms. The number of halogens is 1. The fourth-order valence-electron chi connectivity index (χ4n) is 2.35. The third kappa shape index (κ3) is 3.46. The van der Waals surface area contributed by atoms with Crippen LogP contribution in [0.3, 0.4) is 0 Å². The van der Waals surface area contributed by atoms with Gasteiger partial charge in [-0.1, -0.05) is 34.1 Å². The largest absolute Gasteiger partial charge is 0.451 e. The van der Waals surface area contributed by atoms with Crippen LogP contribution in [0.1, 0.15) is 23.0 Å². The molecule has 118 valence electrons. The lowest BCUT2D eigenvalue weighted by Crippen LogP contribution is -2.13. The molecule has 5 heteroatoms. The summed E-state index contributed by atoms with van der Waals surface area (Å²) in [5.74, 6) is 0.0146. The van der Waals surface area contributed by atoms with Gasteiger partial charge in [-0.15, -0.1) is 0 Å². The summed E-state index contributed by atoms with van der Waals surface area (Å²) in [5.41, 5.74) is 2.17. The molecule has 1 aromatic heterocycles. The molecule has 0 saturated carbocycles. The van der Waals surface area contributed by atoms with Crippen LogP contribution >= 0.6 is 15.9 Å². The lowest BCUT2D eigenvalue weighted by Gasteiger charge is -2.06. The lowest BCUT2D eigenvalue weighted by atomic mass is 10.1. The summed E-state index contributed by atoms with van der Waals surface area (Å²) in [7, 11) is 0. The summed E-state index contributed by atoms with van der Waals surface area (Å²) < 4.78 is 12.2. The van der Waals surface area contributed by atoms with Gasteiger partial charge in [0, 0.05) is 27.7 Å². The van der Waals surface area contributed by atoms with Crippen LogP contribution in [0.4, 0.5) is 5.69 Å². The molecule has 0 unspecified atom stereocenters. The molecule has 3 rings (SSSR count). The van der Waals surface area contributed by atoms with Crippen LogP contribution in [0.15, 0.2) is 57.4 Å². The van der Waals surface area contributed by atoms with Crippen LogP contribution in [0.2, 0.25) is 0 Å². The van der Waals surface area contributed by atoms with Crippen molar-refractivity contribution in [3.05, 3.63) is 64.3 Å². The average molecular weight is 374 g/mol. The van der Waals surface area contributed by atoms with E-state index in [2.05, 4.69) is 21.2 Å². The number of hydrogen-bond donors (Lipinski definition) is 1. The second-order valence-electron chi connectivity index (χ2n) is 5.00. The van der Waals surface area contributed by atoms with E-state index in [9.17, 15) is 4.79 Å². The summed E-state index contributed by atoms with van der Waals surface area (Å²) in [4.78, 5) is 12.6. The van der Waals surface area contributed by atoms with Crippen LogP contribution in [-0.2, 0) is 11.3 Å². The second-order valence-corrected chi connectivity index (χ2v) is 5.92. The first-order valence-electron chi connectivity index (χ1n) is 7.34. The Bertz CT molecular complexity index is 824. The van der Waals surface area contributed by atoms with Gasteiger partial charge in [-0.25, -0.2) is 0 Å². The molecule has 0 bridgehead atoms. The van der Waals surface area contributed by atoms with Crippen molar-refractivity contribution in [2.24, 2.45) is 0 Å². The summed E-state index contributed by atoms with van der Waals surface area (Å²) in [5, 5.41) is 3.76. The molecule has 0 aliphatic heterocycles. The van der Waals surface area contributed by atoms with Crippen molar-refractivity contribution >= 4 is 38.5 Å². The molecule has 0 saturated heterocycles. The van der Waals surface area contributed by atoms with E-state index in [1.54, 1.807) is 0 Å². The third-order valence-corrected chi connectivity index (χ3v) is 3.99. The molecule has 1 N–H and O–H groups in total. The molecule has 0 atom stereocenters. The molecular formula is C18H16BrNO3. The molecule has 0 aliphatic carbocycles. The molecule has 0 fully saturated rings. The number of hydrogen-bond acceptors (Lipinski definition) is 3. The van der Waals surface area contributed by atoms with E-state index in [4.69, 9.17) is 9.15 Å². The van der Waals surface area contributed by atoms with E-state index in [0.29, 0.717) is 30.2 Å². The minimum atomic E-state index is -0.279. The van der Waals surface area contributed by atoms with E-state index in [-0.39, 0.29) is 5.91 Å². The minimum Gasteiger partial charge on any atom is -0.451 e. The van der Waals surface area contributed by atoms with Gasteiger partial charge in [0.2, 0.25) is 0 Å². The summed E-state index contributed by atoms with van der Waals surface area (Å²) in [6, 6.07) is 15.0. The molecular weight excluding hydrogens is 358 g/mol. The van der Waals surface area contributed by atoms with Crippen molar-refractivity contribution < 1.29 is 13.9 Å². The molecule has 4 nitrogen and oxygen atoms in total. The molecule has 2 aromatic carbocycles. The average Bonchev–Trinajstić information content (AvgIpc) is 2.94. The van der Waals surface area contributed by atoms with Crippen LogP contribution in [0.5, 0.6) is 0 Å². The van der Waals surface area contributed by atoms with Gasteiger partial charge in [0.15, 0.2) is 5.76 Å². The maximum atomic E-state index is 12.6. The predicted molar refractivity (Wildman–Crippen MR) is 93.6 cm³/mol. The van der Waals surface area contributed by atoms with E-state index in [0.717, 1.165) is 15.4 Å². The van der Waals surface area contributed by atoms with E-state index >= 15 is 0 Å². The fraction of sp³-hybridized carbons (Fsp3) is 0.167. The number of fused-ring (bicyclic) bond motifs is 1. The SMILES string of the molecule is CCOCc1c(C(=O)Nc2ccc(Br)cc2)oc2ccccc12. The number of rotatable bonds is 5. The van der Waals surface area contributed by atoms with Gasteiger partial charge < -0.3 is 14.5 Å². The van der Waals surface area contributed by atoms with E-state index < -0.39 is 0 Å². The highest BCUT2D eigenvalue weighted by molar-refractivity contribution is 9.10. The smallest absolute Gasteiger partial charge is 0.291 e. The molecule has 0 aliphatic rings. The number of furan rings is 1. The van der Waals surface area contributed by atoms with Crippen LogP contribution in [-0.4, -0.2) is 12.5 Å². The quantitative estimate of drug-likeness (QED) is 0.685. The maximum Gasteiger partial charge on any atom is 0.291 e. The Labute approximate surface area is 142 Å². The highest BCUT2D eigenvalue weighted by Gasteiger charge is 2.20. The molecule has 3 aromatic rings.